The number of nitrogens with zero attached hydrogens (tertiary/aromatic N) is 1. The Morgan fingerprint density at radius 2 is 2.16 bits per heavy atom. The Hall–Kier alpha value is -2.14. The molecule has 1 aromatic heterocycles. The van der Waals surface area contributed by atoms with E-state index in [0.29, 0.717) is 5.82 Å². The van der Waals surface area contributed by atoms with Crippen molar-refractivity contribution in [2.24, 2.45) is 0 Å². The molecule has 1 unspecified atom stereocenters. The maximum atomic E-state index is 11.1. The zero-order valence-electron chi connectivity index (χ0n) is 11.2. The van der Waals surface area contributed by atoms with Crippen LogP contribution < -0.4 is 5.32 Å². The van der Waals surface area contributed by atoms with Crippen molar-refractivity contribution < 1.29 is 9.90 Å². The molecule has 2 rings (SSSR count). The van der Waals surface area contributed by atoms with E-state index in [-0.39, 0.29) is 0 Å². The maximum Gasteiger partial charge on any atom is 0.328 e. The summed E-state index contributed by atoms with van der Waals surface area (Å²) in [4.78, 5) is 18.3. The van der Waals surface area contributed by atoms with Crippen molar-refractivity contribution in [1.29, 1.82) is 0 Å². The summed E-state index contributed by atoms with van der Waals surface area (Å²) in [5.74, 6) is -0.546. The molecule has 0 fully saturated rings. The number of carboxylic acids is 1. The van der Waals surface area contributed by atoms with E-state index in [1.54, 1.807) is 13.2 Å². The van der Waals surface area contributed by atoms with Crippen LogP contribution in [0.25, 0.3) is 11.3 Å². The normalized spacial score (nSPS) is 12.4. The minimum Gasteiger partial charge on any atom is -0.480 e. The first-order valence-electron chi connectivity index (χ1n) is 6.05. The number of carboxylic acid groups (broad SMARTS) is 1. The Morgan fingerprint density at radius 3 is 2.79 bits per heavy atom. The summed E-state index contributed by atoms with van der Waals surface area (Å²) in [6, 6.07) is 5.32. The largest absolute Gasteiger partial charge is 0.480 e. The number of rotatable bonds is 4. The first-order chi connectivity index (χ1) is 9.02. The number of imidazole rings is 1. The van der Waals surface area contributed by atoms with E-state index in [1.165, 1.54) is 0 Å². The fourth-order valence-corrected chi connectivity index (χ4v) is 2.02. The van der Waals surface area contributed by atoms with Crippen LogP contribution in [0, 0.1) is 13.8 Å². The van der Waals surface area contributed by atoms with Crippen molar-refractivity contribution in [1.82, 2.24) is 15.3 Å². The van der Waals surface area contributed by atoms with Gasteiger partial charge in [-0.3, -0.25) is 4.79 Å². The minimum atomic E-state index is -0.954. The molecule has 0 radical (unpaired) electrons. The van der Waals surface area contributed by atoms with Gasteiger partial charge in [0.05, 0.1) is 11.9 Å². The molecule has 0 aliphatic heterocycles. The minimum absolute atomic E-state index is 0.408. The molecule has 5 nitrogen and oxygen atoms in total. The van der Waals surface area contributed by atoms with Crippen molar-refractivity contribution in [3.63, 3.8) is 0 Å². The monoisotopic (exact) mass is 259 g/mol. The molecule has 2 aromatic rings. The molecule has 3 N–H and O–H groups in total. The highest BCUT2D eigenvalue weighted by atomic mass is 16.4. The SMILES string of the molecule is CNC(C(=O)O)c1ncc(-c2cc(C)ccc2C)[nH]1. The number of benzene rings is 1. The number of hydrogen-bond acceptors (Lipinski definition) is 3. The zero-order chi connectivity index (χ0) is 14.0. The van der Waals surface area contributed by atoms with Gasteiger partial charge in [0.25, 0.3) is 0 Å². The molecule has 5 heteroatoms. The van der Waals surface area contributed by atoms with E-state index in [9.17, 15) is 4.79 Å². The number of aromatic nitrogens is 2. The molecule has 19 heavy (non-hydrogen) atoms. The van der Waals surface area contributed by atoms with Crippen LogP contribution in [0.5, 0.6) is 0 Å². The molecular weight excluding hydrogens is 242 g/mol. The predicted octanol–water partition coefficient (Wildman–Crippen LogP) is 2.04. The molecule has 0 saturated heterocycles. The van der Waals surface area contributed by atoms with Gasteiger partial charge in [-0.1, -0.05) is 17.7 Å². The van der Waals surface area contributed by atoms with Gasteiger partial charge >= 0.3 is 5.97 Å². The lowest BCUT2D eigenvalue weighted by atomic mass is 10.0. The van der Waals surface area contributed by atoms with E-state index < -0.39 is 12.0 Å². The van der Waals surface area contributed by atoms with Crippen LogP contribution in [0.3, 0.4) is 0 Å². The molecule has 100 valence electrons. The Kier molecular flexibility index (Phi) is 3.66. The molecule has 1 aromatic carbocycles. The van der Waals surface area contributed by atoms with Gasteiger partial charge in [0.1, 0.15) is 5.82 Å². The second-order valence-corrected chi connectivity index (χ2v) is 4.56. The Balaban J connectivity index is 2.40. The van der Waals surface area contributed by atoms with Gasteiger partial charge in [0.15, 0.2) is 6.04 Å². The van der Waals surface area contributed by atoms with Gasteiger partial charge in [-0.2, -0.15) is 0 Å². The summed E-state index contributed by atoms with van der Waals surface area (Å²) in [6.45, 7) is 4.04. The second-order valence-electron chi connectivity index (χ2n) is 4.56. The highest BCUT2D eigenvalue weighted by Gasteiger charge is 2.21. The topological polar surface area (TPSA) is 78.0 Å². The Bertz CT molecular complexity index is 604. The van der Waals surface area contributed by atoms with Crippen LogP contribution in [0.15, 0.2) is 24.4 Å². The average Bonchev–Trinajstić information content (AvgIpc) is 2.82. The smallest absolute Gasteiger partial charge is 0.328 e. The van der Waals surface area contributed by atoms with E-state index in [0.717, 1.165) is 22.4 Å². The number of aliphatic carboxylic acids is 1. The van der Waals surface area contributed by atoms with E-state index in [2.05, 4.69) is 21.4 Å². The molecule has 1 heterocycles. The van der Waals surface area contributed by atoms with Gasteiger partial charge in [-0.15, -0.1) is 0 Å². The first-order valence-corrected chi connectivity index (χ1v) is 6.05. The molecule has 0 aliphatic carbocycles. The van der Waals surface area contributed by atoms with Gasteiger partial charge < -0.3 is 15.4 Å². The number of nitrogens with one attached hydrogen (secondary N) is 2. The van der Waals surface area contributed by atoms with Crippen LogP contribution in [0.4, 0.5) is 0 Å². The summed E-state index contributed by atoms with van der Waals surface area (Å²) in [6.07, 6.45) is 1.67. The van der Waals surface area contributed by atoms with E-state index in [4.69, 9.17) is 5.11 Å². The zero-order valence-corrected chi connectivity index (χ0v) is 11.2. The van der Waals surface area contributed by atoms with Crippen molar-refractivity contribution in [3.8, 4) is 11.3 Å². The highest BCUT2D eigenvalue weighted by molar-refractivity contribution is 5.75. The van der Waals surface area contributed by atoms with Gasteiger partial charge in [-0.25, -0.2) is 4.98 Å². The standard InChI is InChI=1S/C14H17N3O2/c1-8-4-5-9(2)10(6-8)11-7-16-13(17-11)12(15-3)14(18)19/h4-7,12,15H,1-3H3,(H,16,17)(H,18,19). The molecule has 1 atom stereocenters. The second kappa shape index (κ2) is 5.24. The summed E-state index contributed by atoms with van der Waals surface area (Å²) >= 11 is 0. The number of hydrogen-bond donors (Lipinski definition) is 3. The van der Waals surface area contributed by atoms with E-state index >= 15 is 0 Å². The third-order valence-electron chi connectivity index (χ3n) is 3.09. The fourth-order valence-electron chi connectivity index (χ4n) is 2.02. The van der Waals surface area contributed by atoms with Crippen LogP contribution in [0.2, 0.25) is 0 Å². The van der Waals surface area contributed by atoms with Gasteiger partial charge in [-0.05, 0) is 32.5 Å². The number of aryl methyl sites for hydroxylation is 2. The lowest BCUT2D eigenvalue weighted by Crippen LogP contribution is -2.26. The Labute approximate surface area is 111 Å². The number of H-pyrrole nitrogens is 1. The lowest BCUT2D eigenvalue weighted by molar-refractivity contribution is -0.139. The lowest BCUT2D eigenvalue weighted by Gasteiger charge is -2.08. The third-order valence-corrected chi connectivity index (χ3v) is 3.09. The van der Waals surface area contributed by atoms with Crippen LogP contribution >= 0.6 is 0 Å². The number of likely N-dealkylation sites (N-methyl/N-ethyl adjacent to an activating group) is 1. The van der Waals surface area contributed by atoms with Crippen LogP contribution in [-0.4, -0.2) is 28.1 Å². The maximum absolute atomic E-state index is 11.1. The fraction of sp³-hybridized carbons (Fsp3) is 0.286. The third kappa shape index (κ3) is 2.66. The molecule has 0 amide bonds. The van der Waals surface area contributed by atoms with Gasteiger partial charge in [0, 0.05) is 5.56 Å². The first kappa shape index (κ1) is 13.3. The predicted molar refractivity (Wildman–Crippen MR) is 72.9 cm³/mol. The van der Waals surface area contributed by atoms with Crippen molar-refractivity contribution in [2.45, 2.75) is 19.9 Å². The number of carbonyl (C=O) groups is 1. The summed E-state index contributed by atoms with van der Waals surface area (Å²) in [7, 11) is 1.60. The molecular formula is C14H17N3O2. The summed E-state index contributed by atoms with van der Waals surface area (Å²) in [5, 5.41) is 11.8. The van der Waals surface area contributed by atoms with Crippen molar-refractivity contribution in [2.75, 3.05) is 7.05 Å². The quantitative estimate of drug-likeness (QED) is 0.785. The Morgan fingerprint density at radius 1 is 1.42 bits per heavy atom. The summed E-state index contributed by atoms with van der Waals surface area (Å²) < 4.78 is 0. The summed E-state index contributed by atoms with van der Waals surface area (Å²) in [5.41, 5.74) is 4.15. The molecule has 0 bridgehead atoms. The van der Waals surface area contributed by atoms with Gasteiger partial charge in [0.2, 0.25) is 0 Å². The molecule has 0 aliphatic rings. The average molecular weight is 259 g/mol. The van der Waals surface area contributed by atoms with E-state index in [1.807, 2.05) is 26.0 Å². The van der Waals surface area contributed by atoms with Crippen LogP contribution in [0.1, 0.15) is 23.0 Å². The van der Waals surface area contributed by atoms with Crippen molar-refractivity contribution >= 4 is 5.97 Å². The van der Waals surface area contributed by atoms with Crippen molar-refractivity contribution in [3.05, 3.63) is 41.3 Å². The highest BCUT2D eigenvalue weighted by Crippen LogP contribution is 2.24. The molecule has 0 spiro atoms. The molecule has 0 saturated carbocycles. The van der Waals surface area contributed by atoms with Crippen LogP contribution in [-0.2, 0) is 4.79 Å². The number of aromatic amines is 1.